The molecular weight excluding hydrogens is 258 g/mol. The molecule has 0 aromatic carbocycles. The predicted molar refractivity (Wildman–Crippen MR) is 76.5 cm³/mol. The molecular formula is C15H27NO4. The lowest BCUT2D eigenvalue weighted by molar-refractivity contribution is -0.139. The molecule has 0 bridgehead atoms. The van der Waals surface area contributed by atoms with Gasteiger partial charge in [-0.05, 0) is 44.9 Å². The second-order valence-electron chi connectivity index (χ2n) is 6.98. The van der Waals surface area contributed by atoms with E-state index in [4.69, 9.17) is 9.84 Å². The van der Waals surface area contributed by atoms with Crippen LogP contribution >= 0.6 is 0 Å². The first-order valence-corrected chi connectivity index (χ1v) is 7.30. The Morgan fingerprint density at radius 3 is 2.40 bits per heavy atom. The average molecular weight is 285 g/mol. The maximum atomic E-state index is 12.1. The van der Waals surface area contributed by atoms with Crippen molar-refractivity contribution in [1.29, 1.82) is 0 Å². The SMILES string of the molecule is CC(C)C1CN(C(=O)OC(C)(C)C)CCC1CC(=O)O. The van der Waals surface area contributed by atoms with E-state index in [0.29, 0.717) is 19.0 Å². The van der Waals surface area contributed by atoms with Gasteiger partial charge in [0, 0.05) is 19.5 Å². The summed E-state index contributed by atoms with van der Waals surface area (Å²) in [5.74, 6) is -0.0468. The van der Waals surface area contributed by atoms with Gasteiger partial charge in [-0.3, -0.25) is 4.79 Å². The Balaban J connectivity index is 2.68. The van der Waals surface area contributed by atoms with Gasteiger partial charge in [0.25, 0.3) is 0 Å². The zero-order valence-electron chi connectivity index (χ0n) is 13.2. The minimum atomic E-state index is -0.758. The van der Waals surface area contributed by atoms with E-state index in [1.807, 2.05) is 20.8 Å². The molecule has 1 rings (SSSR count). The zero-order chi connectivity index (χ0) is 15.5. The highest BCUT2D eigenvalue weighted by molar-refractivity contribution is 5.69. The molecule has 5 nitrogen and oxygen atoms in total. The smallest absolute Gasteiger partial charge is 0.410 e. The number of rotatable bonds is 3. The fourth-order valence-electron chi connectivity index (χ4n) is 2.76. The van der Waals surface area contributed by atoms with Crippen LogP contribution in [-0.2, 0) is 9.53 Å². The summed E-state index contributed by atoms with van der Waals surface area (Å²) in [4.78, 5) is 24.7. The van der Waals surface area contributed by atoms with Crippen LogP contribution in [0.2, 0.25) is 0 Å². The van der Waals surface area contributed by atoms with Gasteiger partial charge in [0.1, 0.15) is 5.60 Å². The lowest BCUT2D eigenvalue weighted by Crippen LogP contribution is -2.47. The van der Waals surface area contributed by atoms with Gasteiger partial charge in [-0.25, -0.2) is 4.79 Å². The lowest BCUT2D eigenvalue weighted by Gasteiger charge is -2.40. The van der Waals surface area contributed by atoms with Gasteiger partial charge < -0.3 is 14.7 Å². The molecule has 1 aliphatic rings. The summed E-state index contributed by atoms with van der Waals surface area (Å²) in [5, 5.41) is 8.99. The number of hydrogen-bond acceptors (Lipinski definition) is 3. The van der Waals surface area contributed by atoms with Crippen LogP contribution in [0.4, 0.5) is 4.79 Å². The molecule has 2 unspecified atom stereocenters. The third kappa shape index (κ3) is 5.02. The molecule has 1 aliphatic heterocycles. The summed E-state index contributed by atoms with van der Waals surface area (Å²) in [5.41, 5.74) is -0.498. The molecule has 1 saturated heterocycles. The van der Waals surface area contributed by atoms with Gasteiger partial charge in [-0.1, -0.05) is 13.8 Å². The highest BCUT2D eigenvalue weighted by Gasteiger charge is 2.35. The van der Waals surface area contributed by atoms with E-state index in [0.717, 1.165) is 6.42 Å². The molecule has 1 fully saturated rings. The fourth-order valence-corrected chi connectivity index (χ4v) is 2.76. The summed E-state index contributed by atoms with van der Waals surface area (Å²) in [7, 11) is 0. The molecule has 5 heteroatoms. The van der Waals surface area contributed by atoms with E-state index in [9.17, 15) is 9.59 Å². The number of likely N-dealkylation sites (tertiary alicyclic amines) is 1. The molecule has 0 spiro atoms. The van der Waals surface area contributed by atoms with Crippen LogP contribution in [0, 0.1) is 17.8 Å². The van der Waals surface area contributed by atoms with Crippen molar-refractivity contribution >= 4 is 12.1 Å². The van der Waals surface area contributed by atoms with Gasteiger partial charge in [-0.15, -0.1) is 0 Å². The van der Waals surface area contributed by atoms with E-state index >= 15 is 0 Å². The Hall–Kier alpha value is -1.26. The van der Waals surface area contributed by atoms with Gasteiger partial charge in [0.05, 0.1) is 0 Å². The molecule has 20 heavy (non-hydrogen) atoms. The van der Waals surface area contributed by atoms with Crippen LogP contribution in [0.25, 0.3) is 0 Å². The molecule has 1 heterocycles. The second kappa shape index (κ2) is 6.46. The van der Waals surface area contributed by atoms with Gasteiger partial charge in [0.2, 0.25) is 0 Å². The number of piperidine rings is 1. The molecule has 0 aromatic rings. The molecule has 1 amide bonds. The molecule has 116 valence electrons. The number of carbonyl (C=O) groups excluding carboxylic acids is 1. The predicted octanol–water partition coefficient (Wildman–Crippen LogP) is 2.99. The molecule has 1 N–H and O–H groups in total. The van der Waals surface area contributed by atoms with Crippen molar-refractivity contribution in [3.05, 3.63) is 0 Å². The summed E-state index contributed by atoms with van der Waals surface area (Å²) in [6, 6.07) is 0. The Bertz CT molecular complexity index is 359. The van der Waals surface area contributed by atoms with E-state index in [-0.39, 0.29) is 24.3 Å². The van der Waals surface area contributed by atoms with Crippen molar-refractivity contribution in [3.8, 4) is 0 Å². The van der Waals surface area contributed by atoms with Crippen molar-refractivity contribution in [2.24, 2.45) is 17.8 Å². The molecule has 2 atom stereocenters. The van der Waals surface area contributed by atoms with E-state index in [1.54, 1.807) is 4.90 Å². The van der Waals surface area contributed by atoms with E-state index in [2.05, 4.69) is 13.8 Å². The number of carboxylic acids is 1. The van der Waals surface area contributed by atoms with Gasteiger partial charge >= 0.3 is 12.1 Å². The Morgan fingerprint density at radius 1 is 1.35 bits per heavy atom. The number of ether oxygens (including phenoxy) is 1. The van der Waals surface area contributed by atoms with Crippen LogP contribution in [0.1, 0.15) is 47.5 Å². The minimum absolute atomic E-state index is 0.145. The van der Waals surface area contributed by atoms with Crippen LogP contribution in [0.5, 0.6) is 0 Å². The number of hydrogen-bond donors (Lipinski definition) is 1. The van der Waals surface area contributed by atoms with Crippen molar-refractivity contribution in [3.63, 3.8) is 0 Å². The summed E-state index contributed by atoms with van der Waals surface area (Å²) in [6.07, 6.45) is 0.622. The zero-order valence-corrected chi connectivity index (χ0v) is 13.2. The van der Waals surface area contributed by atoms with Gasteiger partial charge in [-0.2, -0.15) is 0 Å². The number of aliphatic carboxylic acids is 1. The fraction of sp³-hybridized carbons (Fsp3) is 0.867. The number of carboxylic acid groups (broad SMARTS) is 1. The topological polar surface area (TPSA) is 66.8 Å². The van der Waals surface area contributed by atoms with Crippen LogP contribution < -0.4 is 0 Å². The van der Waals surface area contributed by atoms with Crippen LogP contribution in [0.3, 0.4) is 0 Å². The van der Waals surface area contributed by atoms with Crippen molar-refractivity contribution in [1.82, 2.24) is 4.90 Å². The third-order valence-corrected chi connectivity index (χ3v) is 3.75. The quantitative estimate of drug-likeness (QED) is 0.865. The molecule has 0 aromatic heterocycles. The first-order valence-electron chi connectivity index (χ1n) is 7.30. The standard InChI is InChI=1S/C15H27NO4/c1-10(2)12-9-16(14(19)20-15(3,4)5)7-6-11(12)8-13(17)18/h10-12H,6-9H2,1-5H3,(H,17,18). The maximum absolute atomic E-state index is 12.1. The highest BCUT2D eigenvalue weighted by atomic mass is 16.6. The minimum Gasteiger partial charge on any atom is -0.481 e. The van der Waals surface area contributed by atoms with Gasteiger partial charge in [0.15, 0.2) is 0 Å². The number of amides is 1. The number of nitrogens with zero attached hydrogens (tertiary/aromatic N) is 1. The van der Waals surface area contributed by atoms with E-state index in [1.165, 1.54) is 0 Å². The Kier molecular flexibility index (Phi) is 5.42. The first-order chi connectivity index (χ1) is 9.10. The normalized spacial score (nSPS) is 23.8. The highest BCUT2D eigenvalue weighted by Crippen LogP contribution is 2.32. The van der Waals surface area contributed by atoms with Crippen molar-refractivity contribution in [2.75, 3.05) is 13.1 Å². The largest absolute Gasteiger partial charge is 0.481 e. The lowest BCUT2D eigenvalue weighted by atomic mass is 9.77. The van der Waals surface area contributed by atoms with Crippen LogP contribution in [-0.4, -0.2) is 40.8 Å². The summed E-state index contributed by atoms with van der Waals surface area (Å²) >= 11 is 0. The number of carbonyl (C=O) groups is 2. The van der Waals surface area contributed by atoms with E-state index < -0.39 is 11.6 Å². The van der Waals surface area contributed by atoms with Crippen molar-refractivity contribution < 1.29 is 19.4 Å². The molecule has 0 saturated carbocycles. The monoisotopic (exact) mass is 285 g/mol. The summed E-state index contributed by atoms with van der Waals surface area (Å²) in [6.45, 7) is 10.9. The molecule has 0 radical (unpaired) electrons. The average Bonchev–Trinajstić information content (AvgIpc) is 2.25. The first kappa shape index (κ1) is 16.8. The Labute approximate surface area is 121 Å². The Morgan fingerprint density at radius 2 is 1.95 bits per heavy atom. The summed E-state index contributed by atoms with van der Waals surface area (Å²) < 4.78 is 5.39. The molecule has 0 aliphatic carbocycles. The second-order valence-corrected chi connectivity index (χ2v) is 6.98. The third-order valence-electron chi connectivity index (χ3n) is 3.75. The van der Waals surface area contributed by atoms with Crippen molar-refractivity contribution in [2.45, 2.75) is 53.1 Å². The van der Waals surface area contributed by atoms with Crippen LogP contribution in [0.15, 0.2) is 0 Å². The maximum Gasteiger partial charge on any atom is 0.410 e.